The second kappa shape index (κ2) is 48.6. The van der Waals surface area contributed by atoms with E-state index in [1.165, 1.54) is 16.7 Å². The van der Waals surface area contributed by atoms with Crippen molar-refractivity contribution in [2.24, 2.45) is 53.3 Å². The first kappa shape index (κ1) is 95.2. The SMILES string of the molecule is CCCCC[C@H](O)CC[C@@H]1[C@H]2Cc3cccc(OCC(=O)O)c3C[C@H]2C[C@H]1O.CCCCC[C@H](O)CC[C@@H]1[C@H]2Cc3cccc(OCC(=O)[O-])c3C[C@H]2C[C@H]1O.CCCCC[C@H](O)CC[C@@H]1[C@H]2Cc3cccc(OCC(=O)[O-])c3C[C@H]2C[C@H]1O.C[N+](C)(C)CCO.C[N+](C)(C)CCO.C[N+](C)(C)CCO.[OH-]. The lowest BCUT2D eigenvalue weighted by molar-refractivity contribution is -0.870. The van der Waals surface area contributed by atoms with Crippen LogP contribution in [0.2, 0.25) is 0 Å². The van der Waals surface area contributed by atoms with E-state index in [0.717, 1.165) is 223 Å². The molecule has 22 nitrogen and oxygen atoms in total. The number of benzene rings is 3. The van der Waals surface area contributed by atoms with E-state index in [2.05, 4.69) is 102 Å². The van der Waals surface area contributed by atoms with E-state index in [9.17, 15) is 55.2 Å². The van der Waals surface area contributed by atoms with Crippen molar-refractivity contribution in [1.29, 1.82) is 0 Å². The van der Waals surface area contributed by atoms with Gasteiger partial charge in [-0.2, -0.15) is 0 Å². The zero-order chi connectivity index (χ0) is 78.0. The molecule has 22 heteroatoms. The first-order valence-corrected chi connectivity index (χ1v) is 39.8. The number of carboxylic acids is 3. The third-order valence-electron chi connectivity index (χ3n) is 22.3. The number of hydrogen-bond donors (Lipinski definition) is 10. The summed E-state index contributed by atoms with van der Waals surface area (Å²) < 4.78 is 18.9. The molecular weight excluding hydrogens is 1350 g/mol. The maximum atomic E-state index is 10.8. The molecule has 9 rings (SSSR count). The summed E-state index contributed by atoms with van der Waals surface area (Å²) in [7, 11) is 18.5. The van der Waals surface area contributed by atoms with Crippen molar-refractivity contribution in [1.82, 2.24) is 0 Å². The van der Waals surface area contributed by atoms with Crippen molar-refractivity contribution in [3.8, 4) is 17.2 Å². The van der Waals surface area contributed by atoms with Crippen LogP contribution in [0.1, 0.15) is 189 Å². The molecule has 106 heavy (non-hydrogen) atoms. The van der Waals surface area contributed by atoms with Gasteiger partial charge >= 0.3 is 5.97 Å². The maximum absolute atomic E-state index is 10.8. The van der Waals surface area contributed by atoms with Crippen LogP contribution in [-0.4, -0.2) is 247 Å². The largest absolute Gasteiger partial charge is 0.870 e. The van der Waals surface area contributed by atoms with E-state index < -0.39 is 31.1 Å². The molecule has 0 radical (unpaired) electrons. The molecule has 6 aliphatic carbocycles. The average molecular weight is 1500 g/mol. The minimum Gasteiger partial charge on any atom is -0.870 e. The first-order valence-electron chi connectivity index (χ1n) is 39.8. The molecule has 15 atom stereocenters. The van der Waals surface area contributed by atoms with Crippen LogP contribution in [0.5, 0.6) is 17.2 Å². The molecule has 0 saturated heterocycles. The Morgan fingerprint density at radius 3 is 0.906 bits per heavy atom. The number of hydrogen-bond acceptors (Lipinski definition) is 18. The third kappa shape index (κ3) is 34.5. The first-order chi connectivity index (χ1) is 49.7. The van der Waals surface area contributed by atoms with Gasteiger partial charge in [0.2, 0.25) is 0 Å². The molecule has 3 fully saturated rings. The molecule has 0 unspecified atom stereocenters. The molecule has 608 valence electrons. The van der Waals surface area contributed by atoms with Gasteiger partial charge in [-0.05, 0) is 220 Å². The standard InChI is InChI=1S/3C23H34O5.3C5H14NO.H2O/c3*1-2-3-4-7-17(24)9-10-18-19-11-15-6-5-8-22(28-14-23(26)27)20(15)12-16(19)13-21(18)25;3*1-6(2,3)4-5-7;/h3*5-6,8,16-19,21,24-25H,2-4,7,9-14H2,1H3,(H,26,27);3*7H,4-5H2,1-3H3;1H2/q;;;3*+1;/p-3/t3*16-,17-,18+,19-,21+;;;;/m000..../s1. The number of unbranched alkanes of at least 4 members (excludes halogenated alkanes) is 6. The Morgan fingerprint density at radius 1 is 0.425 bits per heavy atom. The molecule has 0 aliphatic heterocycles. The highest BCUT2D eigenvalue weighted by Crippen LogP contribution is 2.51. The summed E-state index contributed by atoms with van der Waals surface area (Å²) in [6.07, 6.45) is 23.4. The predicted molar refractivity (Wildman–Crippen MR) is 409 cm³/mol. The van der Waals surface area contributed by atoms with Crippen molar-refractivity contribution in [2.75, 3.05) is 123 Å². The zero-order valence-electron chi connectivity index (χ0n) is 66.8. The lowest BCUT2D eigenvalue weighted by Crippen LogP contribution is -2.36. The molecule has 0 heterocycles. The van der Waals surface area contributed by atoms with E-state index in [1.807, 2.05) is 36.4 Å². The van der Waals surface area contributed by atoms with Crippen LogP contribution in [0.15, 0.2) is 54.6 Å². The zero-order valence-corrected chi connectivity index (χ0v) is 66.8. The number of quaternary nitrogens is 3. The number of carbonyl (C=O) groups is 3. The number of ether oxygens (including phenoxy) is 3. The van der Waals surface area contributed by atoms with Gasteiger partial charge in [0.05, 0.1) is 132 Å². The highest BCUT2D eigenvalue weighted by molar-refractivity contribution is 5.68. The van der Waals surface area contributed by atoms with E-state index in [4.69, 9.17) is 34.6 Å². The van der Waals surface area contributed by atoms with Crippen LogP contribution in [0, 0.1) is 53.3 Å². The maximum Gasteiger partial charge on any atom is 0.341 e. The number of carboxylic acid groups (broad SMARTS) is 3. The molecule has 0 spiro atoms. The molecule has 0 bridgehead atoms. The quantitative estimate of drug-likeness (QED) is 0.0208. The summed E-state index contributed by atoms with van der Waals surface area (Å²) in [4.78, 5) is 32.3. The monoisotopic (exact) mass is 1500 g/mol. The van der Waals surface area contributed by atoms with Crippen LogP contribution in [0.25, 0.3) is 0 Å². The molecule has 0 aromatic heterocycles. The lowest BCUT2D eigenvalue weighted by Gasteiger charge is -2.32. The number of carbonyl (C=O) groups excluding carboxylic acids is 2. The Labute approximate surface area is 635 Å². The average Bonchev–Trinajstić information content (AvgIpc) is 1.58. The smallest absolute Gasteiger partial charge is 0.341 e. The summed E-state index contributed by atoms with van der Waals surface area (Å²) in [6, 6.07) is 17.5. The minimum absolute atomic E-state index is 0. The summed E-state index contributed by atoms with van der Waals surface area (Å²) in [5.74, 6) is 1.65. The highest BCUT2D eigenvalue weighted by atomic mass is 16.5. The van der Waals surface area contributed by atoms with Gasteiger partial charge in [0, 0.05) is 0 Å². The summed E-state index contributed by atoms with van der Waals surface area (Å²) in [6.45, 7) is 8.63. The fourth-order valence-corrected chi connectivity index (χ4v) is 16.6. The summed E-state index contributed by atoms with van der Waals surface area (Å²) >= 11 is 0. The van der Waals surface area contributed by atoms with Crippen molar-refractivity contribution in [2.45, 2.75) is 231 Å². The summed E-state index contributed by atoms with van der Waals surface area (Å²) in [5, 5.41) is 118. The van der Waals surface area contributed by atoms with E-state index >= 15 is 0 Å². The highest BCUT2D eigenvalue weighted by Gasteiger charge is 2.48. The van der Waals surface area contributed by atoms with Crippen LogP contribution < -0.4 is 24.4 Å². The molecule has 11 N–H and O–H groups in total. The Hall–Kier alpha value is -5.05. The van der Waals surface area contributed by atoms with Crippen LogP contribution >= 0.6 is 0 Å². The molecule has 3 aromatic rings. The lowest BCUT2D eigenvalue weighted by atomic mass is 9.73. The molecule has 3 aromatic carbocycles. The predicted octanol–water partition coefficient (Wildman–Crippen LogP) is 6.96. The van der Waals surface area contributed by atoms with E-state index in [0.29, 0.717) is 52.8 Å². The number of likely N-dealkylation sites (N-methyl/N-ethyl adjacent to an activating group) is 3. The number of aliphatic hydroxyl groups is 9. The van der Waals surface area contributed by atoms with E-state index in [1.54, 1.807) is 0 Å². The third-order valence-corrected chi connectivity index (χ3v) is 22.3. The van der Waals surface area contributed by atoms with Gasteiger partial charge in [-0.25, -0.2) is 4.79 Å². The Bertz CT molecular complexity index is 2640. The number of fused-ring (bicyclic) bond motifs is 6. The molecule has 3 saturated carbocycles. The second-order valence-electron chi connectivity index (χ2n) is 34.0. The van der Waals surface area contributed by atoms with Gasteiger partial charge in [-0.15, -0.1) is 0 Å². The topological polar surface area (TPSA) is 357 Å². The fraction of sp³-hybridized carbons (Fsp3) is 0.750. The summed E-state index contributed by atoms with van der Waals surface area (Å²) in [5.41, 5.74) is 6.87. The van der Waals surface area contributed by atoms with Gasteiger partial charge in [-0.3, -0.25) is 0 Å². The Balaban J connectivity index is 0.000000361. The normalized spacial score (nSPS) is 23.9. The van der Waals surface area contributed by atoms with Crippen molar-refractivity contribution in [3.63, 3.8) is 0 Å². The molecule has 0 amide bonds. The number of rotatable bonds is 36. The van der Waals surface area contributed by atoms with Gasteiger partial charge in [0.1, 0.15) is 50.1 Å². The van der Waals surface area contributed by atoms with Crippen molar-refractivity contribution < 1.29 is 109 Å². The fourth-order valence-electron chi connectivity index (χ4n) is 16.6. The van der Waals surface area contributed by atoms with Gasteiger partial charge in [0.25, 0.3) is 0 Å². The number of nitrogens with zero attached hydrogens (tertiary/aromatic N) is 3. The van der Waals surface area contributed by atoms with Gasteiger partial charge < -0.3 is 104 Å². The van der Waals surface area contributed by atoms with Crippen LogP contribution in [0.3, 0.4) is 0 Å². The van der Waals surface area contributed by atoms with Crippen LogP contribution in [0.4, 0.5) is 0 Å². The van der Waals surface area contributed by atoms with E-state index in [-0.39, 0.29) is 86.3 Å². The molecule has 6 aliphatic rings. The number of aliphatic hydroxyl groups excluding tert-OH is 9. The number of aliphatic carboxylic acids is 3. The van der Waals surface area contributed by atoms with Crippen molar-refractivity contribution in [3.05, 3.63) is 88.0 Å². The second-order valence-corrected chi connectivity index (χ2v) is 34.0. The Morgan fingerprint density at radius 2 is 0.689 bits per heavy atom. The van der Waals surface area contributed by atoms with Gasteiger partial charge in [0.15, 0.2) is 6.61 Å². The van der Waals surface area contributed by atoms with Crippen molar-refractivity contribution >= 4 is 17.9 Å². The van der Waals surface area contributed by atoms with Gasteiger partial charge in [-0.1, -0.05) is 115 Å². The minimum atomic E-state index is -1.22. The van der Waals surface area contributed by atoms with Crippen LogP contribution in [-0.2, 0) is 52.9 Å². The molecular formula is C84H143N3O19. The Kier molecular flexibility index (Phi) is 43.6.